The smallest absolute Gasteiger partial charge is 0.463 e. The molecule has 1 amide bonds. The number of aromatic nitrogens is 2. The van der Waals surface area contributed by atoms with Crippen molar-refractivity contribution >= 4 is 23.4 Å². The fraction of sp³-hybridized carbons (Fsp3) is 0.562. The average Bonchev–Trinajstić information content (AvgIpc) is 3.92. The van der Waals surface area contributed by atoms with E-state index in [0.29, 0.717) is 58.0 Å². The van der Waals surface area contributed by atoms with Gasteiger partial charge in [-0.3, -0.25) is 9.69 Å². The van der Waals surface area contributed by atoms with Crippen LogP contribution in [0.4, 0.5) is 24.7 Å². The third kappa shape index (κ3) is 7.72. The van der Waals surface area contributed by atoms with Crippen molar-refractivity contribution in [2.45, 2.75) is 44.3 Å². The van der Waals surface area contributed by atoms with Crippen molar-refractivity contribution in [3.8, 4) is 11.8 Å². The predicted molar refractivity (Wildman–Crippen MR) is 163 cm³/mol. The number of fused-ring (bicyclic) bond motifs is 1. The number of hydrogen-bond donors (Lipinski definition) is 0. The molecular formula is C32H39F3N6O5. The number of nitrogens with zero attached hydrogens (tertiary/aromatic N) is 6. The van der Waals surface area contributed by atoms with Gasteiger partial charge in [0.2, 0.25) is 5.91 Å². The van der Waals surface area contributed by atoms with Gasteiger partial charge in [-0.05, 0) is 55.4 Å². The lowest BCUT2D eigenvalue weighted by molar-refractivity contribution is -0.189. The molecule has 0 unspecified atom stereocenters. The summed E-state index contributed by atoms with van der Waals surface area (Å²) < 4.78 is 55.3. The maximum Gasteiger partial charge on any atom is 0.491 e. The number of esters is 1. The SMILES string of the molecule is C=CC(=O)N1CCN(c2nc(OCCCN3CCOCC3)nc3c2CCN(c2cc(OC(=O)C(F)(F)F)cc(C4CC4)c2)C3)CC1. The second-order valence-corrected chi connectivity index (χ2v) is 12.0. The Morgan fingerprint density at radius 2 is 1.76 bits per heavy atom. The van der Waals surface area contributed by atoms with Crippen molar-refractivity contribution in [3.05, 3.63) is 47.7 Å². The summed E-state index contributed by atoms with van der Waals surface area (Å²) in [5.74, 6) is -1.44. The van der Waals surface area contributed by atoms with Crippen LogP contribution in [0, 0.1) is 0 Å². The first-order chi connectivity index (χ1) is 22.2. The van der Waals surface area contributed by atoms with E-state index in [1.54, 1.807) is 4.90 Å². The fourth-order valence-electron chi connectivity index (χ4n) is 6.14. The molecule has 0 N–H and O–H groups in total. The Bertz CT molecular complexity index is 1440. The van der Waals surface area contributed by atoms with E-state index in [0.717, 1.165) is 74.7 Å². The van der Waals surface area contributed by atoms with E-state index in [1.807, 2.05) is 11.0 Å². The normalized spacial score (nSPS) is 19.1. The topological polar surface area (TPSA) is 101 Å². The summed E-state index contributed by atoms with van der Waals surface area (Å²) in [5.41, 5.74) is 3.29. The number of halogens is 3. The van der Waals surface area contributed by atoms with Crippen LogP contribution in [0.2, 0.25) is 0 Å². The van der Waals surface area contributed by atoms with Crippen molar-refractivity contribution in [1.29, 1.82) is 0 Å². The molecular weight excluding hydrogens is 605 g/mol. The molecule has 1 aromatic carbocycles. The number of piperazine rings is 1. The second kappa shape index (κ2) is 13.8. The number of amides is 1. The highest BCUT2D eigenvalue weighted by Gasteiger charge is 2.41. The molecule has 0 spiro atoms. The van der Waals surface area contributed by atoms with Crippen LogP contribution in [-0.2, 0) is 27.3 Å². The van der Waals surface area contributed by atoms with Gasteiger partial charge in [-0.15, -0.1) is 0 Å². The van der Waals surface area contributed by atoms with E-state index in [9.17, 15) is 22.8 Å². The first-order valence-corrected chi connectivity index (χ1v) is 15.9. The van der Waals surface area contributed by atoms with Crippen LogP contribution in [-0.4, -0.2) is 110 Å². The van der Waals surface area contributed by atoms with Gasteiger partial charge in [-0.1, -0.05) is 6.58 Å². The van der Waals surface area contributed by atoms with Gasteiger partial charge in [-0.2, -0.15) is 23.1 Å². The van der Waals surface area contributed by atoms with Crippen molar-refractivity contribution in [3.63, 3.8) is 0 Å². The standard InChI is InChI=1S/C32H39F3N6O5/c1-2-28(42)39-9-11-40(12-10-39)29-26-6-8-41(21-27(26)36-31(37-29)45-15-3-7-38-13-16-44-17-14-38)24-18-23(22-4-5-22)19-25(20-24)46-30(43)32(33,34)35/h2,18-20,22H,1,3-17,21H2. The zero-order valence-corrected chi connectivity index (χ0v) is 25.8. The predicted octanol–water partition coefficient (Wildman–Crippen LogP) is 3.32. The van der Waals surface area contributed by atoms with Crippen LogP contribution in [0.3, 0.4) is 0 Å². The number of carbonyl (C=O) groups excluding carboxylic acids is 2. The fourth-order valence-corrected chi connectivity index (χ4v) is 6.14. The molecule has 1 aromatic heterocycles. The monoisotopic (exact) mass is 644 g/mol. The first-order valence-electron chi connectivity index (χ1n) is 15.9. The molecule has 11 nitrogen and oxygen atoms in total. The highest BCUT2D eigenvalue weighted by Crippen LogP contribution is 2.43. The molecule has 4 aliphatic rings. The first kappa shape index (κ1) is 32.0. The zero-order chi connectivity index (χ0) is 32.3. The van der Waals surface area contributed by atoms with Crippen LogP contribution in [0.25, 0.3) is 0 Å². The Morgan fingerprint density at radius 1 is 1.00 bits per heavy atom. The van der Waals surface area contributed by atoms with Gasteiger partial charge in [0.1, 0.15) is 11.6 Å². The third-order valence-electron chi connectivity index (χ3n) is 8.81. The van der Waals surface area contributed by atoms with E-state index in [1.165, 1.54) is 18.2 Å². The summed E-state index contributed by atoms with van der Waals surface area (Å²) in [7, 11) is 0. The quantitative estimate of drug-likeness (QED) is 0.166. The van der Waals surface area contributed by atoms with Gasteiger partial charge in [0.05, 0.1) is 32.1 Å². The summed E-state index contributed by atoms with van der Waals surface area (Å²) in [4.78, 5) is 41.8. The maximum absolute atomic E-state index is 13.0. The van der Waals surface area contributed by atoms with Crippen molar-refractivity contribution in [2.24, 2.45) is 0 Å². The maximum atomic E-state index is 13.0. The molecule has 46 heavy (non-hydrogen) atoms. The molecule has 248 valence electrons. The highest BCUT2D eigenvalue weighted by molar-refractivity contribution is 5.87. The Kier molecular flexibility index (Phi) is 9.64. The molecule has 3 fully saturated rings. The van der Waals surface area contributed by atoms with Gasteiger partial charge in [-0.25, -0.2) is 4.79 Å². The largest absolute Gasteiger partial charge is 0.491 e. The zero-order valence-electron chi connectivity index (χ0n) is 25.8. The minimum Gasteiger partial charge on any atom is -0.463 e. The summed E-state index contributed by atoms with van der Waals surface area (Å²) in [5, 5.41) is 0. The molecule has 3 aliphatic heterocycles. The minimum absolute atomic E-state index is 0.0991. The van der Waals surface area contributed by atoms with Crippen LogP contribution in [0.15, 0.2) is 30.9 Å². The Labute approximate surface area is 265 Å². The lowest BCUT2D eigenvalue weighted by Crippen LogP contribution is -2.49. The Morgan fingerprint density at radius 3 is 2.46 bits per heavy atom. The summed E-state index contributed by atoms with van der Waals surface area (Å²) >= 11 is 0. The average molecular weight is 645 g/mol. The van der Waals surface area contributed by atoms with Gasteiger partial charge < -0.3 is 28.9 Å². The number of rotatable bonds is 10. The molecule has 2 saturated heterocycles. The van der Waals surface area contributed by atoms with Gasteiger partial charge in [0.15, 0.2) is 0 Å². The van der Waals surface area contributed by atoms with E-state index in [2.05, 4.69) is 16.4 Å². The van der Waals surface area contributed by atoms with E-state index >= 15 is 0 Å². The lowest BCUT2D eigenvalue weighted by Gasteiger charge is -2.38. The number of morpholine rings is 1. The molecule has 0 atom stereocenters. The Balaban J connectivity index is 1.23. The third-order valence-corrected chi connectivity index (χ3v) is 8.81. The lowest BCUT2D eigenvalue weighted by atomic mass is 10.0. The Hall–Kier alpha value is -3.91. The molecule has 14 heteroatoms. The number of ether oxygens (including phenoxy) is 3. The van der Waals surface area contributed by atoms with Crippen molar-refractivity contribution in [1.82, 2.24) is 19.8 Å². The number of alkyl halides is 3. The summed E-state index contributed by atoms with van der Waals surface area (Å²) in [6.07, 6.45) is -0.485. The van der Waals surface area contributed by atoms with E-state index in [-0.39, 0.29) is 23.6 Å². The highest BCUT2D eigenvalue weighted by atomic mass is 19.4. The number of carbonyl (C=O) groups is 2. The number of anilines is 2. The van der Waals surface area contributed by atoms with Gasteiger partial charge in [0, 0.05) is 69.7 Å². The molecule has 2 aromatic rings. The van der Waals surface area contributed by atoms with Gasteiger partial charge >= 0.3 is 18.2 Å². The molecule has 6 rings (SSSR count). The molecule has 0 bridgehead atoms. The summed E-state index contributed by atoms with van der Waals surface area (Å²) in [6.45, 7) is 11.4. The molecule has 1 saturated carbocycles. The van der Waals surface area contributed by atoms with Crippen LogP contribution in [0.5, 0.6) is 11.8 Å². The molecule has 4 heterocycles. The van der Waals surface area contributed by atoms with Crippen LogP contribution in [0.1, 0.15) is 42.0 Å². The van der Waals surface area contributed by atoms with Crippen LogP contribution < -0.4 is 19.3 Å². The number of hydrogen-bond acceptors (Lipinski definition) is 10. The van der Waals surface area contributed by atoms with Crippen LogP contribution >= 0.6 is 0 Å². The van der Waals surface area contributed by atoms with E-state index in [4.69, 9.17) is 24.2 Å². The van der Waals surface area contributed by atoms with E-state index < -0.39 is 12.1 Å². The van der Waals surface area contributed by atoms with Gasteiger partial charge in [0.25, 0.3) is 0 Å². The van der Waals surface area contributed by atoms with Crippen molar-refractivity contribution < 1.29 is 37.0 Å². The summed E-state index contributed by atoms with van der Waals surface area (Å²) in [6, 6.07) is 5.26. The second-order valence-electron chi connectivity index (χ2n) is 12.0. The molecule has 0 radical (unpaired) electrons. The molecule has 1 aliphatic carbocycles. The minimum atomic E-state index is -5.09. The van der Waals surface area contributed by atoms with Crippen molar-refractivity contribution in [2.75, 3.05) is 82.0 Å². The number of benzene rings is 1.